The summed E-state index contributed by atoms with van der Waals surface area (Å²) in [6.07, 6.45) is 1.65. The molecule has 2 atom stereocenters. The number of carbonyl (C=O) groups is 1. The Morgan fingerprint density at radius 2 is 2.00 bits per heavy atom. The summed E-state index contributed by atoms with van der Waals surface area (Å²) in [5.74, 6) is -0.333. The van der Waals surface area contributed by atoms with Gasteiger partial charge in [-0.15, -0.1) is 0 Å². The molecule has 100 valence electrons. The van der Waals surface area contributed by atoms with Crippen LogP contribution in [-0.2, 0) is 11.2 Å². The van der Waals surface area contributed by atoms with Gasteiger partial charge in [0.1, 0.15) is 5.82 Å². The molecule has 18 heavy (non-hydrogen) atoms. The Kier molecular flexibility index (Phi) is 5.78. The highest BCUT2D eigenvalue weighted by Crippen LogP contribution is 2.08. The van der Waals surface area contributed by atoms with Crippen LogP contribution in [0.1, 0.15) is 25.8 Å². The molecule has 0 bridgehead atoms. The molecule has 0 radical (unpaired) electrons. The number of hydrogen-bond acceptors (Lipinski definition) is 2. The lowest BCUT2D eigenvalue weighted by Gasteiger charge is -2.21. The van der Waals surface area contributed by atoms with Crippen LogP contribution in [0.25, 0.3) is 0 Å². The van der Waals surface area contributed by atoms with E-state index in [1.54, 1.807) is 12.1 Å². The number of rotatable bonds is 7. The molecule has 0 fully saturated rings. The fourth-order valence-electron chi connectivity index (χ4n) is 1.84. The van der Waals surface area contributed by atoms with Crippen molar-refractivity contribution in [3.05, 3.63) is 35.6 Å². The lowest BCUT2D eigenvalue weighted by molar-refractivity contribution is -0.121. The van der Waals surface area contributed by atoms with Crippen molar-refractivity contribution >= 4 is 5.91 Å². The summed E-state index contributed by atoms with van der Waals surface area (Å²) in [5, 5.41) is 3.16. The summed E-state index contributed by atoms with van der Waals surface area (Å²) in [6, 6.07) is 6.08. The van der Waals surface area contributed by atoms with Gasteiger partial charge in [0.05, 0.1) is 6.04 Å². The van der Waals surface area contributed by atoms with Gasteiger partial charge in [0.15, 0.2) is 0 Å². The van der Waals surface area contributed by atoms with Crippen LogP contribution < -0.4 is 11.1 Å². The molecule has 0 aromatic heterocycles. The second-order valence-corrected chi connectivity index (χ2v) is 4.60. The van der Waals surface area contributed by atoms with Crippen LogP contribution >= 0.6 is 0 Å². The quantitative estimate of drug-likeness (QED) is 0.778. The van der Waals surface area contributed by atoms with Crippen LogP contribution in [0.4, 0.5) is 4.39 Å². The molecule has 1 unspecified atom stereocenters. The molecule has 3 N–H and O–H groups in total. The van der Waals surface area contributed by atoms with E-state index in [1.165, 1.54) is 12.1 Å². The second kappa shape index (κ2) is 7.11. The van der Waals surface area contributed by atoms with Crippen molar-refractivity contribution in [2.75, 3.05) is 6.54 Å². The van der Waals surface area contributed by atoms with Gasteiger partial charge in [0, 0.05) is 0 Å². The molecular weight excluding hydrogens is 231 g/mol. The van der Waals surface area contributed by atoms with Gasteiger partial charge in [-0.2, -0.15) is 0 Å². The van der Waals surface area contributed by atoms with Gasteiger partial charge in [-0.05, 0) is 36.6 Å². The molecule has 0 aliphatic heterocycles. The van der Waals surface area contributed by atoms with Crippen molar-refractivity contribution in [2.45, 2.75) is 32.7 Å². The Bertz CT molecular complexity index is 378. The molecule has 0 saturated carbocycles. The van der Waals surface area contributed by atoms with Gasteiger partial charge in [0.25, 0.3) is 0 Å². The van der Waals surface area contributed by atoms with E-state index in [4.69, 9.17) is 5.73 Å². The van der Waals surface area contributed by atoms with E-state index >= 15 is 0 Å². The van der Waals surface area contributed by atoms with Crippen LogP contribution in [0.15, 0.2) is 24.3 Å². The van der Waals surface area contributed by atoms with E-state index in [1.807, 2.05) is 13.8 Å². The number of nitrogens with one attached hydrogen (secondary N) is 1. The second-order valence-electron chi connectivity index (χ2n) is 4.60. The topological polar surface area (TPSA) is 55.1 Å². The minimum atomic E-state index is -0.316. The number of hydrogen-bond donors (Lipinski definition) is 2. The largest absolute Gasteiger partial charge is 0.368 e. The highest BCUT2D eigenvalue weighted by atomic mass is 19.1. The Morgan fingerprint density at radius 1 is 1.39 bits per heavy atom. The van der Waals surface area contributed by atoms with Gasteiger partial charge in [-0.25, -0.2) is 4.39 Å². The normalized spacial score (nSPS) is 14.2. The highest BCUT2D eigenvalue weighted by molar-refractivity contribution is 5.80. The molecule has 0 saturated heterocycles. The highest BCUT2D eigenvalue weighted by Gasteiger charge is 2.20. The van der Waals surface area contributed by atoms with Crippen LogP contribution in [-0.4, -0.2) is 18.5 Å². The van der Waals surface area contributed by atoms with Crippen molar-refractivity contribution in [3.63, 3.8) is 0 Å². The Balaban J connectivity index is 2.43. The minimum Gasteiger partial charge on any atom is -0.368 e. The number of carbonyl (C=O) groups excluding carboxylic acids is 1. The monoisotopic (exact) mass is 252 g/mol. The number of halogens is 1. The number of amides is 1. The molecule has 1 rings (SSSR count). The summed E-state index contributed by atoms with van der Waals surface area (Å²) in [6.45, 7) is 4.69. The minimum absolute atomic E-state index is 0.218. The van der Waals surface area contributed by atoms with Crippen molar-refractivity contribution in [1.82, 2.24) is 5.32 Å². The summed E-state index contributed by atoms with van der Waals surface area (Å²) in [7, 11) is 0. The Morgan fingerprint density at radius 3 is 2.50 bits per heavy atom. The molecule has 0 aliphatic rings. The van der Waals surface area contributed by atoms with E-state index in [2.05, 4.69) is 5.32 Å². The molecule has 3 nitrogen and oxygen atoms in total. The first-order valence-electron chi connectivity index (χ1n) is 6.31. The molecule has 0 spiro atoms. The van der Waals surface area contributed by atoms with Crippen molar-refractivity contribution in [1.29, 1.82) is 0 Å². The van der Waals surface area contributed by atoms with Crippen LogP contribution in [0.2, 0.25) is 0 Å². The number of primary amides is 1. The maximum Gasteiger partial charge on any atom is 0.234 e. The number of nitrogens with two attached hydrogens (primary N) is 1. The molecule has 0 aliphatic carbocycles. The zero-order valence-corrected chi connectivity index (χ0v) is 10.9. The zero-order valence-electron chi connectivity index (χ0n) is 10.9. The van der Waals surface area contributed by atoms with Crippen LogP contribution in [0.3, 0.4) is 0 Å². The van der Waals surface area contributed by atoms with Gasteiger partial charge >= 0.3 is 0 Å². The molecule has 0 heterocycles. The van der Waals surface area contributed by atoms with Gasteiger partial charge in [0.2, 0.25) is 5.91 Å². The Hall–Kier alpha value is -1.42. The zero-order chi connectivity index (χ0) is 13.5. The van der Waals surface area contributed by atoms with Crippen molar-refractivity contribution in [3.8, 4) is 0 Å². The lowest BCUT2D eigenvalue weighted by Crippen LogP contribution is -2.46. The van der Waals surface area contributed by atoms with E-state index in [0.29, 0.717) is 6.54 Å². The summed E-state index contributed by atoms with van der Waals surface area (Å²) in [5.41, 5.74) is 6.40. The third-order valence-electron chi connectivity index (χ3n) is 3.21. The molecule has 1 aromatic carbocycles. The first kappa shape index (κ1) is 14.6. The SMILES string of the molecule is CCC(C)[C@H](NCCc1ccc(F)cc1)C(N)=O. The summed E-state index contributed by atoms with van der Waals surface area (Å²) < 4.78 is 12.7. The Labute approximate surface area is 108 Å². The third-order valence-corrected chi connectivity index (χ3v) is 3.21. The van der Waals surface area contributed by atoms with E-state index in [9.17, 15) is 9.18 Å². The summed E-state index contributed by atoms with van der Waals surface area (Å²) >= 11 is 0. The van der Waals surface area contributed by atoms with Gasteiger partial charge in [-0.3, -0.25) is 4.79 Å². The molecular formula is C14H21FN2O. The van der Waals surface area contributed by atoms with Crippen molar-refractivity contribution < 1.29 is 9.18 Å². The summed E-state index contributed by atoms with van der Waals surface area (Å²) in [4.78, 5) is 11.3. The van der Waals surface area contributed by atoms with Crippen molar-refractivity contribution in [2.24, 2.45) is 11.7 Å². The fourth-order valence-corrected chi connectivity index (χ4v) is 1.84. The smallest absolute Gasteiger partial charge is 0.234 e. The van der Waals surface area contributed by atoms with E-state index in [-0.39, 0.29) is 23.7 Å². The van der Waals surface area contributed by atoms with Crippen LogP contribution in [0, 0.1) is 11.7 Å². The number of benzene rings is 1. The third kappa shape index (κ3) is 4.45. The van der Waals surface area contributed by atoms with E-state index in [0.717, 1.165) is 18.4 Å². The molecule has 1 aromatic rings. The maximum absolute atomic E-state index is 12.7. The fraction of sp³-hybridized carbons (Fsp3) is 0.500. The van der Waals surface area contributed by atoms with E-state index < -0.39 is 0 Å². The first-order chi connectivity index (χ1) is 8.54. The average Bonchev–Trinajstić information content (AvgIpc) is 2.35. The average molecular weight is 252 g/mol. The standard InChI is InChI=1S/C14H21FN2O/c1-3-10(2)13(14(16)18)17-9-8-11-4-6-12(15)7-5-11/h4-7,10,13,17H,3,8-9H2,1-2H3,(H2,16,18)/t10?,13-/m0/s1. The lowest BCUT2D eigenvalue weighted by atomic mass is 9.98. The van der Waals surface area contributed by atoms with Crippen LogP contribution in [0.5, 0.6) is 0 Å². The predicted molar refractivity (Wildman–Crippen MR) is 70.5 cm³/mol. The first-order valence-corrected chi connectivity index (χ1v) is 6.31. The van der Waals surface area contributed by atoms with Gasteiger partial charge in [-0.1, -0.05) is 32.4 Å². The maximum atomic E-state index is 12.7. The molecule has 4 heteroatoms. The van der Waals surface area contributed by atoms with Gasteiger partial charge < -0.3 is 11.1 Å². The predicted octanol–water partition coefficient (Wildman–Crippen LogP) is 1.86. The molecule has 1 amide bonds.